The molecule has 1 unspecified atom stereocenters. The molecular formula is C17H24O5. The zero-order chi connectivity index (χ0) is 17.1. The standard InChI is InChI=1S/C17H24O5/c1-10(2)15-13(19)7-12(9-21-11(3)18)8-14(15)22-16(20)17(4,5)6/h8,12H,7,9H2,1-6H3. The second-order valence-corrected chi connectivity index (χ2v) is 6.74. The van der Waals surface area contributed by atoms with Crippen molar-refractivity contribution in [3.05, 3.63) is 23.0 Å². The summed E-state index contributed by atoms with van der Waals surface area (Å²) in [6.45, 7) is 10.3. The number of carbonyl (C=O) groups excluding carboxylic acids is 3. The van der Waals surface area contributed by atoms with Crippen LogP contribution in [-0.2, 0) is 23.9 Å². The zero-order valence-corrected chi connectivity index (χ0v) is 14.1. The number of carbonyl (C=O) groups is 3. The number of allylic oxidation sites excluding steroid dienone is 2. The van der Waals surface area contributed by atoms with Gasteiger partial charge < -0.3 is 9.47 Å². The number of hydrogen-bond donors (Lipinski definition) is 0. The first-order chi connectivity index (χ1) is 10.0. The minimum absolute atomic E-state index is 0.101. The second-order valence-electron chi connectivity index (χ2n) is 6.74. The lowest BCUT2D eigenvalue weighted by Crippen LogP contribution is -2.28. The van der Waals surface area contributed by atoms with E-state index in [1.165, 1.54) is 6.92 Å². The van der Waals surface area contributed by atoms with E-state index in [0.717, 1.165) is 5.57 Å². The molecule has 0 bridgehead atoms. The van der Waals surface area contributed by atoms with E-state index in [9.17, 15) is 14.4 Å². The normalized spacial score (nSPS) is 18.6. The van der Waals surface area contributed by atoms with Crippen molar-refractivity contribution < 1.29 is 23.9 Å². The number of Topliss-reactive ketones (excluding diaryl/α,β-unsaturated/α-hetero) is 1. The molecule has 0 aromatic rings. The van der Waals surface area contributed by atoms with Crippen LogP contribution in [0.1, 0.15) is 48.0 Å². The molecule has 0 aromatic carbocycles. The van der Waals surface area contributed by atoms with Gasteiger partial charge in [-0.25, -0.2) is 0 Å². The van der Waals surface area contributed by atoms with Crippen LogP contribution in [0, 0.1) is 11.3 Å². The number of hydrogen-bond acceptors (Lipinski definition) is 5. The maximum Gasteiger partial charge on any atom is 0.316 e. The Hall–Kier alpha value is -1.91. The third-order valence-corrected chi connectivity index (χ3v) is 3.18. The Morgan fingerprint density at radius 2 is 1.82 bits per heavy atom. The second kappa shape index (κ2) is 6.90. The lowest BCUT2D eigenvalue weighted by Gasteiger charge is -2.25. The molecule has 122 valence electrons. The monoisotopic (exact) mass is 308 g/mol. The van der Waals surface area contributed by atoms with Crippen molar-refractivity contribution in [2.75, 3.05) is 6.61 Å². The van der Waals surface area contributed by atoms with E-state index >= 15 is 0 Å². The summed E-state index contributed by atoms with van der Waals surface area (Å²) in [6.07, 6.45) is 1.95. The molecule has 0 fully saturated rings. The summed E-state index contributed by atoms with van der Waals surface area (Å²) in [7, 11) is 0. The molecule has 1 aliphatic rings. The van der Waals surface area contributed by atoms with Crippen LogP contribution in [0.3, 0.4) is 0 Å². The predicted octanol–water partition coefficient (Wildman–Crippen LogP) is 2.95. The fourth-order valence-electron chi connectivity index (χ4n) is 2.03. The van der Waals surface area contributed by atoms with Crippen molar-refractivity contribution in [3.63, 3.8) is 0 Å². The van der Waals surface area contributed by atoms with Gasteiger partial charge in [0.25, 0.3) is 0 Å². The molecule has 0 saturated heterocycles. The summed E-state index contributed by atoms with van der Waals surface area (Å²) in [4.78, 5) is 35.3. The lowest BCUT2D eigenvalue weighted by atomic mass is 9.88. The Balaban J connectivity index is 3.07. The van der Waals surface area contributed by atoms with Crippen LogP contribution in [0.15, 0.2) is 23.0 Å². The van der Waals surface area contributed by atoms with Gasteiger partial charge in [0.15, 0.2) is 5.78 Å². The van der Waals surface area contributed by atoms with E-state index in [4.69, 9.17) is 9.47 Å². The molecule has 0 N–H and O–H groups in total. The topological polar surface area (TPSA) is 69.7 Å². The van der Waals surface area contributed by atoms with Gasteiger partial charge >= 0.3 is 11.9 Å². The highest BCUT2D eigenvalue weighted by Gasteiger charge is 2.32. The third kappa shape index (κ3) is 4.83. The Bertz CT molecular complexity index is 542. The zero-order valence-electron chi connectivity index (χ0n) is 14.1. The summed E-state index contributed by atoms with van der Waals surface area (Å²) in [5.74, 6) is -0.910. The maximum atomic E-state index is 12.3. The molecule has 5 heteroatoms. The van der Waals surface area contributed by atoms with Crippen molar-refractivity contribution >= 4 is 17.7 Å². The molecule has 0 aliphatic heterocycles. The molecule has 0 spiro atoms. The first kappa shape index (κ1) is 18.1. The van der Waals surface area contributed by atoms with Gasteiger partial charge in [0.05, 0.1) is 17.6 Å². The minimum Gasteiger partial charge on any atom is -0.465 e. The largest absolute Gasteiger partial charge is 0.465 e. The summed E-state index contributed by atoms with van der Waals surface area (Å²) >= 11 is 0. The van der Waals surface area contributed by atoms with Gasteiger partial charge in [-0.3, -0.25) is 14.4 Å². The summed E-state index contributed by atoms with van der Waals surface area (Å²) in [6, 6.07) is 0. The van der Waals surface area contributed by atoms with Gasteiger partial charge in [-0.2, -0.15) is 0 Å². The molecule has 0 radical (unpaired) electrons. The Morgan fingerprint density at radius 1 is 1.23 bits per heavy atom. The van der Waals surface area contributed by atoms with Crippen LogP contribution >= 0.6 is 0 Å². The van der Waals surface area contributed by atoms with E-state index in [-0.39, 0.29) is 30.5 Å². The molecule has 5 nitrogen and oxygen atoms in total. The lowest BCUT2D eigenvalue weighted by molar-refractivity contribution is -0.148. The van der Waals surface area contributed by atoms with Crippen LogP contribution in [-0.4, -0.2) is 24.3 Å². The van der Waals surface area contributed by atoms with E-state index in [0.29, 0.717) is 5.57 Å². The van der Waals surface area contributed by atoms with Crippen molar-refractivity contribution in [2.45, 2.75) is 48.0 Å². The first-order valence-corrected chi connectivity index (χ1v) is 7.31. The molecule has 0 aromatic heterocycles. The van der Waals surface area contributed by atoms with E-state index in [2.05, 4.69) is 0 Å². The average molecular weight is 308 g/mol. The van der Waals surface area contributed by atoms with E-state index in [1.807, 2.05) is 0 Å². The van der Waals surface area contributed by atoms with Crippen molar-refractivity contribution in [3.8, 4) is 0 Å². The van der Waals surface area contributed by atoms with Crippen LogP contribution in [0.4, 0.5) is 0 Å². The number of ether oxygens (including phenoxy) is 2. The Labute approximate surface area is 131 Å². The first-order valence-electron chi connectivity index (χ1n) is 7.31. The highest BCUT2D eigenvalue weighted by atomic mass is 16.5. The van der Waals surface area contributed by atoms with Crippen molar-refractivity contribution in [1.82, 2.24) is 0 Å². The molecule has 0 heterocycles. The SMILES string of the molecule is CC(=O)OCC1C=C(OC(=O)C(C)(C)C)C(=C(C)C)C(=O)C1. The molecule has 0 saturated carbocycles. The molecule has 22 heavy (non-hydrogen) atoms. The van der Waals surface area contributed by atoms with Crippen molar-refractivity contribution in [1.29, 1.82) is 0 Å². The van der Waals surface area contributed by atoms with E-state index in [1.54, 1.807) is 40.7 Å². The van der Waals surface area contributed by atoms with Gasteiger partial charge in [-0.05, 0) is 40.7 Å². The Kier molecular flexibility index (Phi) is 5.69. The number of rotatable bonds is 3. The van der Waals surface area contributed by atoms with Crippen LogP contribution < -0.4 is 0 Å². The smallest absolute Gasteiger partial charge is 0.316 e. The fourth-order valence-corrected chi connectivity index (χ4v) is 2.03. The molecule has 0 amide bonds. The highest BCUT2D eigenvalue weighted by Crippen LogP contribution is 2.30. The van der Waals surface area contributed by atoms with Gasteiger partial charge in [0.2, 0.25) is 0 Å². The molecule has 1 aliphatic carbocycles. The van der Waals surface area contributed by atoms with Crippen LogP contribution in [0.25, 0.3) is 0 Å². The van der Waals surface area contributed by atoms with Gasteiger partial charge in [0.1, 0.15) is 5.76 Å². The summed E-state index contributed by atoms with van der Waals surface area (Å²) < 4.78 is 10.4. The molecule has 1 atom stereocenters. The van der Waals surface area contributed by atoms with Gasteiger partial charge in [-0.1, -0.05) is 5.57 Å². The third-order valence-electron chi connectivity index (χ3n) is 3.18. The maximum absolute atomic E-state index is 12.3. The highest BCUT2D eigenvalue weighted by molar-refractivity contribution is 6.01. The number of esters is 2. The van der Waals surface area contributed by atoms with Crippen LogP contribution in [0.2, 0.25) is 0 Å². The minimum atomic E-state index is -0.667. The van der Waals surface area contributed by atoms with E-state index < -0.39 is 17.4 Å². The van der Waals surface area contributed by atoms with Crippen LogP contribution in [0.5, 0.6) is 0 Å². The van der Waals surface area contributed by atoms with Gasteiger partial charge in [-0.15, -0.1) is 0 Å². The Morgan fingerprint density at radius 3 is 2.27 bits per heavy atom. The fraction of sp³-hybridized carbons (Fsp3) is 0.588. The number of ketones is 1. The molecule has 1 rings (SSSR count). The predicted molar refractivity (Wildman–Crippen MR) is 81.8 cm³/mol. The quantitative estimate of drug-likeness (QED) is 0.592. The summed E-state index contributed by atoms with van der Waals surface area (Å²) in [5, 5.41) is 0. The average Bonchev–Trinajstić information content (AvgIpc) is 2.34. The molecular weight excluding hydrogens is 284 g/mol. The summed E-state index contributed by atoms with van der Waals surface area (Å²) in [5.41, 5.74) is 0.569. The van der Waals surface area contributed by atoms with Gasteiger partial charge in [0, 0.05) is 19.3 Å². The van der Waals surface area contributed by atoms with Crippen molar-refractivity contribution in [2.24, 2.45) is 11.3 Å².